The maximum atomic E-state index is 10.3. The van der Waals surface area contributed by atoms with E-state index in [0.29, 0.717) is 6.42 Å². The fourth-order valence-corrected chi connectivity index (χ4v) is 2.56. The Morgan fingerprint density at radius 2 is 1.93 bits per heavy atom. The number of esters is 1. The van der Waals surface area contributed by atoms with Crippen LogP contribution in [0.3, 0.4) is 0 Å². The fraction of sp³-hybridized carbons (Fsp3) is 0.522. The maximum absolute atomic E-state index is 10.3. The van der Waals surface area contributed by atoms with Crippen LogP contribution in [-0.4, -0.2) is 26.2 Å². The third-order valence-electron chi connectivity index (χ3n) is 4.49. The Hall–Kier alpha value is -1.58. The highest BCUT2D eigenvalue weighted by molar-refractivity contribution is 6.32. The fourth-order valence-electron chi connectivity index (χ4n) is 2.28. The van der Waals surface area contributed by atoms with Crippen molar-refractivity contribution in [2.24, 2.45) is 0 Å². The van der Waals surface area contributed by atoms with E-state index in [2.05, 4.69) is 36.9 Å². The van der Waals surface area contributed by atoms with Crippen LogP contribution in [0.1, 0.15) is 65.9 Å². The number of nitrogens with one attached hydrogen (secondary N) is 1. The number of halogens is 1. The highest BCUT2D eigenvalue weighted by Crippen LogP contribution is 2.22. The first kappa shape index (κ1) is 25.4. The lowest BCUT2D eigenvalue weighted by atomic mass is 10.1. The Morgan fingerprint density at radius 1 is 1.26 bits per heavy atom. The minimum atomic E-state index is -0.105. The molecular weight excluding hydrogens is 358 g/mol. The van der Waals surface area contributed by atoms with E-state index >= 15 is 0 Å². The highest BCUT2D eigenvalue weighted by atomic mass is 35.5. The first-order chi connectivity index (χ1) is 12.9. The van der Waals surface area contributed by atoms with Gasteiger partial charge < -0.3 is 10.1 Å². The molecule has 1 aromatic rings. The summed E-state index contributed by atoms with van der Waals surface area (Å²) in [4.78, 5) is 10.3. The Bertz CT molecular complexity index is 607. The van der Waals surface area contributed by atoms with Gasteiger partial charge in [0.25, 0.3) is 0 Å². The highest BCUT2D eigenvalue weighted by Gasteiger charge is 2.01. The number of hydrogen-bond donors (Lipinski definition) is 1. The van der Waals surface area contributed by atoms with Crippen LogP contribution in [0.25, 0.3) is 5.57 Å². The summed E-state index contributed by atoms with van der Waals surface area (Å²) in [7, 11) is 1.41. The van der Waals surface area contributed by atoms with Crippen LogP contribution >= 0.6 is 11.6 Å². The van der Waals surface area contributed by atoms with Crippen molar-refractivity contribution < 1.29 is 9.53 Å². The lowest BCUT2D eigenvalue weighted by Gasteiger charge is -2.14. The molecule has 4 heteroatoms. The second-order valence-corrected chi connectivity index (χ2v) is 7.03. The molecule has 1 N–H and O–H groups in total. The molecule has 1 aromatic carbocycles. The number of carbonyl (C=O) groups excluding carboxylic acids is 1. The van der Waals surface area contributed by atoms with Crippen molar-refractivity contribution in [3.63, 3.8) is 0 Å². The van der Waals surface area contributed by atoms with Gasteiger partial charge in [0.15, 0.2) is 0 Å². The average molecular weight is 394 g/mol. The molecule has 27 heavy (non-hydrogen) atoms. The first-order valence-corrected chi connectivity index (χ1v) is 10.1. The average Bonchev–Trinajstić information content (AvgIpc) is 2.69. The number of allylic oxidation sites excluding steroid dienone is 2. The van der Waals surface area contributed by atoms with E-state index in [1.54, 1.807) is 5.57 Å². The van der Waals surface area contributed by atoms with Gasteiger partial charge in [0.1, 0.15) is 0 Å². The zero-order valence-corrected chi connectivity index (χ0v) is 18.6. The van der Waals surface area contributed by atoms with Crippen molar-refractivity contribution >= 4 is 23.1 Å². The van der Waals surface area contributed by atoms with Crippen LogP contribution in [0, 0.1) is 0 Å². The van der Waals surface area contributed by atoms with Gasteiger partial charge in [-0.1, -0.05) is 60.4 Å². The number of methoxy groups -OCH3 is 1. The van der Waals surface area contributed by atoms with E-state index < -0.39 is 0 Å². The molecule has 0 unspecified atom stereocenters. The SMILES string of the molecule is C/C=C(\C)c1ccccc1Cl.CC1=C(C)CNCC1.CCCCC(=O)OC. The molecular formula is C23H36ClNO2. The monoisotopic (exact) mass is 393 g/mol. The number of carbonyl (C=O) groups is 1. The summed E-state index contributed by atoms with van der Waals surface area (Å²) in [5.41, 5.74) is 5.44. The van der Waals surface area contributed by atoms with E-state index in [1.807, 2.05) is 38.1 Å². The molecule has 0 atom stereocenters. The van der Waals surface area contributed by atoms with Crippen LogP contribution in [0.15, 0.2) is 41.5 Å². The van der Waals surface area contributed by atoms with Gasteiger partial charge in [-0.3, -0.25) is 4.79 Å². The minimum absolute atomic E-state index is 0.105. The van der Waals surface area contributed by atoms with Gasteiger partial charge in [-0.2, -0.15) is 0 Å². The van der Waals surface area contributed by atoms with E-state index in [9.17, 15) is 4.79 Å². The molecule has 3 nitrogen and oxygen atoms in total. The Kier molecular flexibility index (Phi) is 14.6. The third kappa shape index (κ3) is 11.7. The molecule has 0 saturated heterocycles. The number of unbranched alkanes of at least 4 members (excludes halogenated alkanes) is 1. The molecule has 0 aromatic heterocycles. The topological polar surface area (TPSA) is 38.3 Å². The smallest absolute Gasteiger partial charge is 0.305 e. The van der Waals surface area contributed by atoms with Crippen molar-refractivity contribution in [1.29, 1.82) is 0 Å². The van der Waals surface area contributed by atoms with Crippen LogP contribution in [0.4, 0.5) is 0 Å². The van der Waals surface area contributed by atoms with Crippen LogP contribution in [0.5, 0.6) is 0 Å². The van der Waals surface area contributed by atoms with Gasteiger partial charge in [-0.25, -0.2) is 0 Å². The first-order valence-electron chi connectivity index (χ1n) is 9.67. The molecule has 0 spiro atoms. The Balaban J connectivity index is 0.000000384. The molecule has 0 amide bonds. The molecule has 2 rings (SSSR count). The van der Waals surface area contributed by atoms with Gasteiger partial charge in [-0.05, 0) is 64.3 Å². The molecule has 0 aliphatic carbocycles. The van der Waals surface area contributed by atoms with Gasteiger partial charge in [0, 0.05) is 18.0 Å². The van der Waals surface area contributed by atoms with Gasteiger partial charge in [0.2, 0.25) is 0 Å². The summed E-state index contributed by atoms with van der Waals surface area (Å²) >= 11 is 5.96. The number of hydrogen-bond acceptors (Lipinski definition) is 3. The standard InChI is InChI=1S/C10H11Cl.C7H13N.C6H12O2/c1-3-8(2)9-6-4-5-7-10(9)11;1-6-3-4-8-5-7(6)2;1-3-4-5-6(7)8-2/h3-7H,1-2H3;8H,3-5H2,1-2H3;3-5H2,1-2H3/b8-3+;;. The van der Waals surface area contributed by atoms with Crippen LogP contribution in [0.2, 0.25) is 5.02 Å². The molecule has 152 valence electrons. The number of benzene rings is 1. The minimum Gasteiger partial charge on any atom is -0.469 e. The zero-order chi connectivity index (χ0) is 20.7. The van der Waals surface area contributed by atoms with E-state index in [1.165, 1.54) is 31.2 Å². The van der Waals surface area contributed by atoms with Crippen LogP contribution in [-0.2, 0) is 9.53 Å². The second kappa shape index (κ2) is 15.5. The lowest BCUT2D eigenvalue weighted by molar-refractivity contribution is -0.140. The summed E-state index contributed by atoms with van der Waals surface area (Å²) in [5.74, 6) is -0.105. The van der Waals surface area contributed by atoms with Gasteiger partial charge >= 0.3 is 5.97 Å². The van der Waals surface area contributed by atoms with Gasteiger partial charge in [0.05, 0.1) is 7.11 Å². The van der Waals surface area contributed by atoms with Crippen LogP contribution < -0.4 is 5.32 Å². The third-order valence-corrected chi connectivity index (χ3v) is 4.82. The molecule has 0 fully saturated rings. The normalized spacial score (nSPS) is 13.8. The number of ether oxygens (including phenoxy) is 1. The largest absolute Gasteiger partial charge is 0.469 e. The zero-order valence-electron chi connectivity index (χ0n) is 17.8. The number of rotatable bonds is 4. The molecule has 1 heterocycles. The van der Waals surface area contributed by atoms with E-state index in [4.69, 9.17) is 11.6 Å². The summed E-state index contributed by atoms with van der Waals surface area (Å²) < 4.78 is 4.41. The maximum Gasteiger partial charge on any atom is 0.305 e. The molecule has 1 aliphatic rings. The molecule has 0 saturated carbocycles. The lowest BCUT2D eigenvalue weighted by Crippen LogP contribution is -2.23. The van der Waals surface area contributed by atoms with Crippen molar-refractivity contribution in [1.82, 2.24) is 5.32 Å². The molecule has 0 radical (unpaired) electrons. The van der Waals surface area contributed by atoms with Crippen molar-refractivity contribution in [2.45, 2.75) is 60.3 Å². The van der Waals surface area contributed by atoms with Gasteiger partial charge in [-0.15, -0.1) is 0 Å². The van der Waals surface area contributed by atoms with Crippen molar-refractivity contribution in [2.75, 3.05) is 20.2 Å². The second-order valence-electron chi connectivity index (χ2n) is 6.62. The summed E-state index contributed by atoms with van der Waals surface area (Å²) in [6.07, 6.45) is 5.85. The van der Waals surface area contributed by atoms with E-state index in [-0.39, 0.29) is 5.97 Å². The summed E-state index contributed by atoms with van der Waals surface area (Å²) in [6.45, 7) is 12.8. The molecule has 0 bridgehead atoms. The van der Waals surface area contributed by atoms with E-state index in [0.717, 1.165) is 30.0 Å². The van der Waals surface area contributed by atoms with Crippen molar-refractivity contribution in [3.8, 4) is 0 Å². The summed E-state index contributed by atoms with van der Waals surface area (Å²) in [6, 6.07) is 7.87. The summed E-state index contributed by atoms with van der Waals surface area (Å²) in [5, 5.41) is 4.13. The Labute approximate surface area is 170 Å². The quantitative estimate of drug-likeness (QED) is 0.473. The van der Waals surface area contributed by atoms with Crippen molar-refractivity contribution in [3.05, 3.63) is 52.1 Å². The predicted molar refractivity (Wildman–Crippen MR) is 118 cm³/mol. The predicted octanol–water partition coefficient (Wildman–Crippen LogP) is 6.43. The molecule has 1 aliphatic heterocycles. The Morgan fingerprint density at radius 3 is 2.37 bits per heavy atom.